The summed E-state index contributed by atoms with van der Waals surface area (Å²) in [6.07, 6.45) is 1.58. The molecule has 3 rings (SSSR count). The molecule has 2 aromatic heterocycles. The Bertz CT molecular complexity index is 1120. The van der Waals surface area contributed by atoms with Crippen LogP contribution in [0.1, 0.15) is 29.9 Å². The molecule has 0 saturated carbocycles. The molecule has 3 aromatic rings. The van der Waals surface area contributed by atoms with Crippen LogP contribution in [0.4, 0.5) is 5.13 Å². The number of aromatic nitrogens is 2. The maximum Gasteiger partial charge on any atom is 0.274 e. The first-order valence-corrected chi connectivity index (χ1v) is 9.35. The number of nitrogens with one attached hydrogen (secondary N) is 1. The Balaban J connectivity index is 1.84. The number of rotatable bonds is 5. The lowest BCUT2D eigenvalue weighted by Crippen LogP contribution is -2.25. The van der Waals surface area contributed by atoms with Crippen LogP contribution >= 0.6 is 11.3 Å². The smallest absolute Gasteiger partial charge is 0.274 e. The van der Waals surface area contributed by atoms with Crippen LogP contribution in [0.5, 0.6) is 5.75 Å². The van der Waals surface area contributed by atoms with Gasteiger partial charge in [0.2, 0.25) is 0 Å². The molecule has 0 aliphatic rings. The van der Waals surface area contributed by atoms with E-state index in [1.54, 1.807) is 24.4 Å². The van der Waals surface area contributed by atoms with E-state index < -0.39 is 5.91 Å². The number of carbonyl (C=O) groups excluding carboxylic acids is 1. The van der Waals surface area contributed by atoms with Crippen molar-refractivity contribution in [1.82, 2.24) is 9.55 Å². The van der Waals surface area contributed by atoms with Crippen molar-refractivity contribution in [2.45, 2.75) is 20.0 Å². The molecule has 8 heteroatoms. The van der Waals surface area contributed by atoms with Crippen LogP contribution < -0.4 is 15.6 Å². The third-order valence-corrected chi connectivity index (χ3v) is 4.85. The fraction of sp³-hybridized carbons (Fsp3) is 0.200. The third-order valence-electron chi connectivity index (χ3n) is 3.89. The minimum Gasteiger partial charge on any atom is -0.490 e. The largest absolute Gasteiger partial charge is 0.490 e. The zero-order valence-electron chi connectivity index (χ0n) is 15.6. The molecule has 0 unspecified atom stereocenters. The van der Waals surface area contributed by atoms with Crippen molar-refractivity contribution in [3.05, 3.63) is 64.2 Å². The lowest BCUT2D eigenvalue weighted by molar-refractivity contribution is 0.101. The van der Waals surface area contributed by atoms with Crippen molar-refractivity contribution >= 4 is 22.4 Å². The topological polar surface area (TPSA) is 97.0 Å². The SMILES string of the molecule is CC(C)Oc1cc(-c2cnc(NC(=O)c3cccc(=O)n3C)s2)ccc1C#N. The first kappa shape index (κ1) is 19.3. The predicted molar refractivity (Wildman–Crippen MR) is 108 cm³/mol. The van der Waals surface area contributed by atoms with E-state index in [0.717, 1.165) is 10.4 Å². The number of thiazole rings is 1. The standard InChI is InChI=1S/C20H18N4O3S/c1-12(2)27-16-9-13(7-8-14(16)10-21)17-11-22-20(28-17)23-19(26)15-5-4-6-18(25)24(15)3/h4-9,11-12H,1-3H3,(H,22,23,26). The van der Waals surface area contributed by atoms with Crippen LogP contribution in [0.3, 0.4) is 0 Å². The molecule has 28 heavy (non-hydrogen) atoms. The summed E-state index contributed by atoms with van der Waals surface area (Å²) in [5.74, 6) is 0.0954. The molecule has 1 amide bonds. The van der Waals surface area contributed by atoms with Gasteiger partial charge in [-0.2, -0.15) is 5.26 Å². The molecule has 0 atom stereocenters. The molecule has 0 aliphatic carbocycles. The highest BCUT2D eigenvalue weighted by molar-refractivity contribution is 7.19. The van der Waals surface area contributed by atoms with E-state index in [4.69, 9.17) is 4.74 Å². The van der Waals surface area contributed by atoms with Gasteiger partial charge >= 0.3 is 0 Å². The number of nitriles is 1. The second-order valence-corrected chi connectivity index (χ2v) is 7.31. The second kappa shape index (κ2) is 8.06. The fourth-order valence-corrected chi connectivity index (χ4v) is 3.35. The number of anilines is 1. The minimum absolute atomic E-state index is 0.0591. The van der Waals surface area contributed by atoms with E-state index >= 15 is 0 Å². The highest BCUT2D eigenvalue weighted by atomic mass is 32.1. The number of ether oxygens (including phenoxy) is 1. The van der Waals surface area contributed by atoms with Gasteiger partial charge in [-0.05, 0) is 37.6 Å². The lowest BCUT2D eigenvalue weighted by atomic mass is 10.1. The Morgan fingerprint density at radius 3 is 2.82 bits per heavy atom. The summed E-state index contributed by atoms with van der Waals surface area (Å²) in [7, 11) is 1.54. The molecule has 0 radical (unpaired) electrons. The van der Waals surface area contributed by atoms with E-state index in [9.17, 15) is 14.9 Å². The van der Waals surface area contributed by atoms with Crippen molar-refractivity contribution < 1.29 is 9.53 Å². The molecule has 0 saturated heterocycles. The van der Waals surface area contributed by atoms with Gasteiger partial charge in [0.1, 0.15) is 17.5 Å². The Labute approximate surface area is 165 Å². The van der Waals surface area contributed by atoms with Gasteiger partial charge < -0.3 is 9.30 Å². The van der Waals surface area contributed by atoms with E-state index in [1.165, 1.54) is 35.1 Å². The maximum atomic E-state index is 12.4. The van der Waals surface area contributed by atoms with Crippen LogP contribution in [-0.4, -0.2) is 21.6 Å². The van der Waals surface area contributed by atoms with Crippen molar-refractivity contribution in [2.75, 3.05) is 5.32 Å². The first-order valence-electron chi connectivity index (χ1n) is 8.53. The summed E-state index contributed by atoms with van der Waals surface area (Å²) < 4.78 is 6.99. The van der Waals surface area contributed by atoms with Gasteiger partial charge in [0.15, 0.2) is 5.13 Å². The molecule has 0 aliphatic heterocycles. The predicted octanol–water partition coefficient (Wildman–Crippen LogP) is 3.42. The van der Waals surface area contributed by atoms with Crippen LogP contribution in [0.25, 0.3) is 10.4 Å². The Kier molecular flexibility index (Phi) is 5.57. The molecular weight excluding hydrogens is 376 g/mol. The number of hydrogen-bond acceptors (Lipinski definition) is 6. The van der Waals surface area contributed by atoms with Crippen molar-refractivity contribution in [3.8, 4) is 22.3 Å². The van der Waals surface area contributed by atoms with Crippen LogP contribution in [0.2, 0.25) is 0 Å². The highest BCUT2D eigenvalue weighted by Crippen LogP contribution is 2.33. The Morgan fingerprint density at radius 2 is 2.11 bits per heavy atom. The molecule has 7 nitrogen and oxygen atoms in total. The van der Waals surface area contributed by atoms with E-state index in [1.807, 2.05) is 19.9 Å². The molecule has 142 valence electrons. The summed E-state index contributed by atoms with van der Waals surface area (Å²) in [4.78, 5) is 29.2. The van der Waals surface area contributed by atoms with Crippen molar-refractivity contribution in [2.24, 2.45) is 7.05 Å². The van der Waals surface area contributed by atoms with Crippen molar-refractivity contribution in [1.29, 1.82) is 5.26 Å². The molecule has 0 spiro atoms. The molecule has 0 fully saturated rings. The highest BCUT2D eigenvalue weighted by Gasteiger charge is 2.14. The van der Waals surface area contributed by atoms with Gasteiger partial charge in [0.05, 0.1) is 16.5 Å². The summed E-state index contributed by atoms with van der Waals surface area (Å²) in [6, 6.07) is 11.9. The van der Waals surface area contributed by atoms with Crippen LogP contribution in [0, 0.1) is 11.3 Å². The zero-order chi connectivity index (χ0) is 20.3. The van der Waals surface area contributed by atoms with Gasteiger partial charge in [-0.15, -0.1) is 0 Å². The van der Waals surface area contributed by atoms with Crippen molar-refractivity contribution in [3.63, 3.8) is 0 Å². The van der Waals surface area contributed by atoms with Crippen LogP contribution in [0.15, 0.2) is 47.4 Å². The average molecular weight is 394 g/mol. The van der Waals surface area contributed by atoms with E-state index in [-0.39, 0.29) is 17.4 Å². The van der Waals surface area contributed by atoms with Crippen LogP contribution in [-0.2, 0) is 7.05 Å². The maximum absolute atomic E-state index is 12.4. The molecule has 1 aromatic carbocycles. The summed E-state index contributed by atoms with van der Waals surface area (Å²) in [5.41, 5.74) is 1.28. The first-order chi connectivity index (χ1) is 13.4. The van der Waals surface area contributed by atoms with Gasteiger partial charge in [-0.3, -0.25) is 14.9 Å². The molecular formula is C20H18N4O3S. The lowest BCUT2D eigenvalue weighted by Gasteiger charge is -2.12. The third kappa shape index (κ3) is 4.10. The fourth-order valence-electron chi connectivity index (χ4n) is 2.54. The summed E-state index contributed by atoms with van der Waals surface area (Å²) in [5, 5.41) is 12.4. The van der Waals surface area contributed by atoms with E-state index in [2.05, 4.69) is 16.4 Å². The normalized spacial score (nSPS) is 10.5. The van der Waals surface area contributed by atoms with E-state index in [0.29, 0.717) is 16.4 Å². The number of benzene rings is 1. The van der Waals surface area contributed by atoms with Gasteiger partial charge in [-0.1, -0.05) is 23.5 Å². The average Bonchev–Trinajstić information content (AvgIpc) is 3.11. The number of nitrogens with zero attached hydrogens (tertiary/aromatic N) is 3. The second-order valence-electron chi connectivity index (χ2n) is 6.28. The zero-order valence-corrected chi connectivity index (χ0v) is 16.4. The van der Waals surface area contributed by atoms with Gasteiger partial charge in [0.25, 0.3) is 11.5 Å². The summed E-state index contributed by atoms with van der Waals surface area (Å²) in [6.45, 7) is 3.79. The molecule has 1 N–H and O–H groups in total. The monoisotopic (exact) mass is 394 g/mol. The quantitative estimate of drug-likeness (QED) is 0.715. The minimum atomic E-state index is -0.412. The number of pyridine rings is 1. The van der Waals surface area contributed by atoms with Gasteiger partial charge in [-0.25, -0.2) is 4.98 Å². The number of hydrogen-bond donors (Lipinski definition) is 1. The number of amides is 1. The Morgan fingerprint density at radius 1 is 1.32 bits per heavy atom. The summed E-state index contributed by atoms with van der Waals surface area (Å²) >= 11 is 1.29. The Hall–Kier alpha value is -3.44. The molecule has 2 heterocycles. The van der Waals surface area contributed by atoms with Gasteiger partial charge in [0, 0.05) is 19.3 Å². The number of carbonyl (C=O) groups is 1. The molecule has 0 bridgehead atoms.